The molecule has 1 saturated heterocycles. The Bertz CT molecular complexity index is 506. The summed E-state index contributed by atoms with van der Waals surface area (Å²) in [6, 6.07) is 4.44. The largest absolute Gasteiger partial charge is 0.355 e. The van der Waals surface area contributed by atoms with Crippen molar-refractivity contribution >= 4 is 23.4 Å². The summed E-state index contributed by atoms with van der Waals surface area (Å²) >= 11 is 5.95. The van der Waals surface area contributed by atoms with Crippen molar-refractivity contribution in [3.63, 3.8) is 0 Å². The molecule has 20 heavy (non-hydrogen) atoms. The molecule has 0 aromatic heterocycles. The molecule has 1 unspecified atom stereocenters. The van der Waals surface area contributed by atoms with Gasteiger partial charge in [-0.1, -0.05) is 17.7 Å². The minimum Gasteiger partial charge on any atom is -0.355 e. The van der Waals surface area contributed by atoms with E-state index in [1.807, 2.05) is 0 Å². The van der Waals surface area contributed by atoms with Crippen molar-refractivity contribution in [1.82, 2.24) is 10.2 Å². The van der Waals surface area contributed by atoms with Gasteiger partial charge in [0, 0.05) is 37.1 Å². The molecule has 0 radical (unpaired) electrons. The highest BCUT2D eigenvalue weighted by Crippen LogP contribution is 2.22. The Morgan fingerprint density at radius 2 is 2.30 bits per heavy atom. The van der Waals surface area contributed by atoms with Crippen LogP contribution in [-0.2, 0) is 16.1 Å². The average Bonchev–Trinajstić information content (AvgIpc) is 2.43. The topological polar surface area (TPSA) is 49.4 Å². The van der Waals surface area contributed by atoms with Gasteiger partial charge < -0.3 is 10.2 Å². The first-order valence-electron chi connectivity index (χ1n) is 6.43. The highest BCUT2D eigenvalue weighted by Gasteiger charge is 2.27. The first-order valence-corrected chi connectivity index (χ1v) is 6.81. The van der Waals surface area contributed by atoms with Gasteiger partial charge >= 0.3 is 0 Å². The lowest BCUT2D eigenvalue weighted by Gasteiger charge is -2.27. The van der Waals surface area contributed by atoms with Crippen LogP contribution in [0, 0.1) is 11.7 Å². The molecule has 1 atom stereocenters. The maximum absolute atomic E-state index is 13.7. The normalized spacial score (nSPS) is 18.6. The number of carbonyl (C=O) groups is 2. The second-order valence-corrected chi connectivity index (χ2v) is 5.34. The molecule has 1 heterocycles. The Kier molecular flexibility index (Phi) is 4.60. The number of hydrogen-bond acceptors (Lipinski definition) is 2. The van der Waals surface area contributed by atoms with Crippen molar-refractivity contribution in [1.29, 1.82) is 0 Å². The summed E-state index contributed by atoms with van der Waals surface area (Å²) in [5, 5.41) is 2.97. The van der Waals surface area contributed by atoms with Crippen molar-refractivity contribution in [3.8, 4) is 0 Å². The Hall–Kier alpha value is -1.62. The molecule has 2 amide bonds. The van der Waals surface area contributed by atoms with E-state index < -0.39 is 5.82 Å². The molecule has 1 aromatic rings. The van der Waals surface area contributed by atoms with Gasteiger partial charge in [0.1, 0.15) is 5.82 Å². The Morgan fingerprint density at radius 1 is 1.55 bits per heavy atom. The van der Waals surface area contributed by atoms with Crippen LogP contribution in [0.2, 0.25) is 5.02 Å². The van der Waals surface area contributed by atoms with Crippen LogP contribution in [0.5, 0.6) is 0 Å². The monoisotopic (exact) mass is 298 g/mol. The molecule has 108 valence electrons. The van der Waals surface area contributed by atoms with E-state index in [2.05, 4.69) is 5.32 Å². The maximum Gasteiger partial charge on any atom is 0.227 e. The number of amides is 2. The SMILES string of the molecule is CN(Cc1c(F)cccc1Cl)C(=O)C1CCC(=O)NC1. The van der Waals surface area contributed by atoms with Crippen LogP contribution in [0.1, 0.15) is 18.4 Å². The number of nitrogens with one attached hydrogen (secondary N) is 1. The summed E-state index contributed by atoms with van der Waals surface area (Å²) in [7, 11) is 1.61. The Balaban J connectivity index is 2.02. The van der Waals surface area contributed by atoms with Gasteiger partial charge in [0.2, 0.25) is 11.8 Å². The predicted molar refractivity (Wildman–Crippen MR) is 73.6 cm³/mol. The van der Waals surface area contributed by atoms with Gasteiger partial charge in [0.15, 0.2) is 0 Å². The van der Waals surface area contributed by atoms with Gasteiger partial charge in [-0.05, 0) is 18.6 Å². The fourth-order valence-electron chi connectivity index (χ4n) is 2.25. The summed E-state index contributed by atoms with van der Waals surface area (Å²) in [4.78, 5) is 24.8. The van der Waals surface area contributed by atoms with E-state index >= 15 is 0 Å². The lowest BCUT2D eigenvalue weighted by molar-refractivity contribution is -0.136. The molecule has 0 spiro atoms. The average molecular weight is 299 g/mol. The minimum atomic E-state index is -0.422. The smallest absolute Gasteiger partial charge is 0.227 e. The summed E-state index contributed by atoms with van der Waals surface area (Å²) in [6.07, 6.45) is 0.880. The number of carbonyl (C=O) groups excluding carboxylic acids is 2. The molecule has 1 fully saturated rings. The third kappa shape index (κ3) is 3.28. The van der Waals surface area contributed by atoms with Crippen LogP contribution in [-0.4, -0.2) is 30.3 Å². The van der Waals surface area contributed by atoms with Crippen LogP contribution >= 0.6 is 11.6 Å². The van der Waals surface area contributed by atoms with E-state index in [0.29, 0.717) is 30.0 Å². The zero-order chi connectivity index (χ0) is 14.7. The number of hydrogen-bond donors (Lipinski definition) is 1. The summed E-state index contributed by atoms with van der Waals surface area (Å²) < 4.78 is 13.7. The van der Waals surface area contributed by atoms with Crippen molar-refractivity contribution < 1.29 is 14.0 Å². The molecular formula is C14H16ClFN2O2. The first-order chi connectivity index (χ1) is 9.49. The number of halogens is 2. The van der Waals surface area contributed by atoms with E-state index in [4.69, 9.17) is 11.6 Å². The molecule has 1 aliphatic rings. The quantitative estimate of drug-likeness (QED) is 0.927. The summed E-state index contributed by atoms with van der Waals surface area (Å²) in [5.41, 5.74) is 0.310. The van der Waals surface area contributed by atoms with Gasteiger partial charge in [-0.3, -0.25) is 9.59 Å². The standard InChI is InChI=1S/C14H16ClFN2O2/c1-18(8-10-11(15)3-2-4-12(10)16)14(20)9-5-6-13(19)17-7-9/h2-4,9H,5-8H2,1H3,(H,17,19). The van der Waals surface area contributed by atoms with Gasteiger partial charge in [-0.25, -0.2) is 4.39 Å². The third-order valence-electron chi connectivity index (χ3n) is 3.45. The van der Waals surface area contributed by atoms with Gasteiger partial charge in [0.25, 0.3) is 0 Å². The second-order valence-electron chi connectivity index (χ2n) is 4.93. The van der Waals surface area contributed by atoms with Gasteiger partial charge in [0.05, 0.1) is 5.92 Å². The molecule has 0 bridgehead atoms. The van der Waals surface area contributed by atoms with E-state index in [-0.39, 0.29) is 24.3 Å². The van der Waals surface area contributed by atoms with Crippen molar-refractivity contribution in [2.45, 2.75) is 19.4 Å². The predicted octanol–water partition coefficient (Wildman–Crippen LogP) is 1.96. The van der Waals surface area contributed by atoms with E-state index in [0.717, 1.165) is 0 Å². The van der Waals surface area contributed by atoms with E-state index in [1.165, 1.54) is 17.0 Å². The maximum atomic E-state index is 13.7. The van der Waals surface area contributed by atoms with Crippen molar-refractivity contribution in [2.24, 2.45) is 5.92 Å². The third-order valence-corrected chi connectivity index (χ3v) is 3.80. The van der Waals surface area contributed by atoms with Gasteiger partial charge in [-0.15, -0.1) is 0 Å². The first kappa shape index (κ1) is 14.8. The molecule has 1 N–H and O–H groups in total. The lowest BCUT2D eigenvalue weighted by Crippen LogP contribution is -2.43. The molecule has 6 heteroatoms. The minimum absolute atomic E-state index is 0.0335. The zero-order valence-electron chi connectivity index (χ0n) is 11.2. The number of rotatable bonds is 3. The molecule has 4 nitrogen and oxygen atoms in total. The van der Waals surface area contributed by atoms with E-state index in [9.17, 15) is 14.0 Å². The van der Waals surface area contributed by atoms with Crippen LogP contribution in [0.15, 0.2) is 18.2 Å². The molecule has 0 saturated carbocycles. The lowest BCUT2D eigenvalue weighted by atomic mass is 9.97. The van der Waals surface area contributed by atoms with Crippen LogP contribution in [0.3, 0.4) is 0 Å². The van der Waals surface area contributed by atoms with Crippen LogP contribution in [0.4, 0.5) is 4.39 Å². The fourth-order valence-corrected chi connectivity index (χ4v) is 2.48. The molecule has 2 rings (SSSR count). The summed E-state index contributed by atoms with van der Waals surface area (Å²) in [5.74, 6) is -0.810. The molecule has 1 aromatic carbocycles. The molecule has 0 aliphatic carbocycles. The second kappa shape index (κ2) is 6.22. The highest BCUT2D eigenvalue weighted by molar-refractivity contribution is 6.31. The highest BCUT2D eigenvalue weighted by atomic mass is 35.5. The zero-order valence-corrected chi connectivity index (χ0v) is 11.9. The molecular weight excluding hydrogens is 283 g/mol. The fraction of sp³-hybridized carbons (Fsp3) is 0.429. The Morgan fingerprint density at radius 3 is 2.90 bits per heavy atom. The van der Waals surface area contributed by atoms with Crippen molar-refractivity contribution in [3.05, 3.63) is 34.6 Å². The van der Waals surface area contributed by atoms with Crippen LogP contribution in [0.25, 0.3) is 0 Å². The number of nitrogens with zero attached hydrogens (tertiary/aromatic N) is 1. The van der Waals surface area contributed by atoms with Crippen molar-refractivity contribution in [2.75, 3.05) is 13.6 Å². The Labute approximate surface area is 121 Å². The number of benzene rings is 1. The van der Waals surface area contributed by atoms with Crippen LogP contribution < -0.4 is 5.32 Å². The number of piperidine rings is 1. The molecule has 1 aliphatic heterocycles. The van der Waals surface area contributed by atoms with E-state index in [1.54, 1.807) is 13.1 Å². The van der Waals surface area contributed by atoms with Gasteiger partial charge in [-0.2, -0.15) is 0 Å². The summed E-state index contributed by atoms with van der Waals surface area (Å²) in [6.45, 7) is 0.460.